The number of hydrogen-bond donors (Lipinski definition) is 3. The van der Waals surface area contributed by atoms with Crippen LogP contribution in [0.2, 0.25) is 0 Å². The summed E-state index contributed by atoms with van der Waals surface area (Å²) in [5.41, 5.74) is 0.743. The molecule has 1 heterocycles. The molecule has 6 nitrogen and oxygen atoms in total. The van der Waals surface area contributed by atoms with Crippen LogP contribution >= 0.6 is 0 Å². The number of nitrogens with zero attached hydrogens (tertiary/aromatic N) is 2. The van der Waals surface area contributed by atoms with Gasteiger partial charge >= 0.3 is 0 Å². The van der Waals surface area contributed by atoms with Crippen molar-refractivity contribution in [3.63, 3.8) is 0 Å². The maximum atomic E-state index is 11.8. The van der Waals surface area contributed by atoms with E-state index in [1.54, 1.807) is 6.92 Å². The van der Waals surface area contributed by atoms with Crippen molar-refractivity contribution in [1.82, 2.24) is 15.0 Å². The maximum Gasteiger partial charge on any atom is 0.273 e. The van der Waals surface area contributed by atoms with E-state index in [2.05, 4.69) is 10.3 Å². The Morgan fingerprint density at radius 1 is 1.42 bits per heavy atom. The highest BCUT2D eigenvalue weighted by atomic mass is 16.5. The molecule has 3 N–H and O–H groups in total. The molecular formula is C13H14N4O2. The van der Waals surface area contributed by atoms with Gasteiger partial charge in [0.05, 0.1) is 11.9 Å². The van der Waals surface area contributed by atoms with Crippen LogP contribution in [0, 0.1) is 5.41 Å². The molecule has 0 spiro atoms. The third-order valence-electron chi connectivity index (χ3n) is 2.55. The van der Waals surface area contributed by atoms with Crippen LogP contribution in [0.5, 0.6) is 0 Å². The lowest BCUT2D eigenvalue weighted by molar-refractivity contribution is 0.0938. The predicted molar refractivity (Wildman–Crippen MR) is 68.7 cm³/mol. The Bertz CT molecular complexity index is 649. The zero-order valence-corrected chi connectivity index (χ0v) is 10.4. The van der Waals surface area contributed by atoms with Crippen molar-refractivity contribution in [3.05, 3.63) is 47.7 Å². The number of nitrogens with one attached hydrogen (secondary N) is 2. The molecule has 0 saturated heterocycles. The van der Waals surface area contributed by atoms with Crippen LogP contribution in [0.4, 0.5) is 0 Å². The molecule has 2 aromatic rings. The highest BCUT2D eigenvalue weighted by Crippen LogP contribution is 2.14. The van der Waals surface area contributed by atoms with Crippen molar-refractivity contribution < 1.29 is 10.0 Å². The molecule has 98 valence electrons. The standard InChI is InChI=1S/C13H14N4O2/c1-2-15-13(18)11-12(14)17(19)8-10(16-11)9-6-4-3-5-7-9/h3-8,14,19H,2H2,1H3,(H,15,18). The van der Waals surface area contributed by atoms with Gasteiger partial charge in [-0.3, -0.25) is 10.2 Å². The number of carbonyl (C=O) groups excluding carboxylic acids is 1. The number of amides is 1. The maximum absolute atomic E-state index is 11.8. The summed E-state index contributed by atoms with van der Waals surface area (Å²) in [4.78, 5) is 15.9. The minimum Gasteiger partial charge on any atom is -0.427 e. The Hall–Kier alpha value is -2.63. The van der Waals surface area contributed by atoms with Gasteiger partial charge in [0.15, 0.2) is 11.2 Å². The van der Waals surface area contributed by atoms with Crippen LogP contribution in [0.15, 0.2) is 36.5 Å². The normalized spacial score (nSPS) is 10.2. The number of aromatic nitrogens is 2. The molecule has 2 rings (SSSR count). The molecular weight excluding hydrogens is 244 g/mol. The van der Waals surface area contributed by atoms with Gasteiger partial charge in [0.25, 0.3) is 5.91 Å². The highest BCUT2D eigenvalue weighted by Gasteiger charge is 2.13. The fraction of sp³-hybridized carbons (Fsp3) is 0.154. The minimum atomic E-state index is -0.479. The van der Waals surface area contributed by atoms with Crippen molar-refractivity contribution in [3.8, 4) is 11.3 Å². The van der Waals surface area contributed by atoms with Gasteiger partial charge in [0.1, 0.15) is 0 Å². The van der Waals surface area contributed by atoms with Crippen LogP contribution in [-0.2, 0) is 0 Å². The number of rotatable bonds is 3. The molecule has 0 atom stereocenters. The molecule has 0 bridgehead atoms. The average molecular weight is 258 g/mol. The summed E-state index contributed by atoms with van der Waals surface area (Å²) >= 11 is 0. The van der Waals surface area contributed by atoms with Crippen molar-refractivity contribution in [2.45, 2.75) is 6.92 Å². The van der Waals surface area contributed by atoms with Crippen molar-refractivity contribution in [1.29, 1.82) is 5.41 Å². The lowest BCUT2D eigenvalue weighted by atomic mass is 10.1. The van der Waals surface area contributed by atoms with Crippen LogP contribution in [-0.4, -0.2) is 27.4 Å². The molecule has 0 fully saturated rings. The summed E-state index contributed by atoms with van der Waals surface area (Å²) in [6.07, 6.45) is 1.31. The molecule has 1 aromatic carbocycles. The molecule has 0 aliphatic carbocycles. The molecule has 1 amide bonds. The second kappa shape index (κ2) is 5.34. The largest absolute Gasteiger partial charge is 0.427 e. The Morgan fingerprint density at radius 2 is 2.11 bits per heavy atom. The van der Waals surface area contributed by atoms with Crippen molar-refractivity contribution in [2.75, 3.05) is 6.54 Å². The minimum absolute atomic E-state index is 0.106. The van der Waals surface area contributed by atoms with E-state index >= 15 is 0 Å². The first-order valence-corrected chi connectivity index (χ1v) is 5.84. The second-order valence-corrected chi connectivity index (χ2v) is 3.89. The van der Waals surface area contributed by atoms with Crippen LogP contribution in [0.3, 0.4) is 0 Å². The fourth-order valence-electron chi connectivity index (χ4n) is 1.64. The van der Waals surface area contributed by atoms with Gasteiger partial charge in [-0.2, -0.15) is 4.73 Å². The molecule has 0 aliphatic heterocycles. The molecule has 0 aliphatic rings. The number of benzene rings is 1. The molecule has 6 heteroatoms. The predicted octanol–water partition coefficient (Wildman–Crippen LogP) is 1.02. The van der Waals surface area contributed by atoms with Gasteiger partial charge in [-0.05, 0) is 6.92 Å². The van der Waals surface area contributed by atoms with E-state index in [-0.39, 0.29) is 11.2 Å². The first-order chi connectivity index (χ1) is 9.13. The van der Waals surface area contributed by atoms with Gasteiger partial charge in [-0.25, -0.2) is 4.98 Å². The van der Waals surface area contributed by atoms with E-state index in [0.29, 0.717) is 17.0 Å². The number of carbonyl (C=O) groups is 1. The van der Waals surface area contributed by atoms with Crippen LogP contribution in [0.25, 0.3) is 11.3 Å². The van der Waals surface area contributed by atoms with Gasteiger partial charge in [-0.15, -0.1) is 0 Å². The Balaban J connectivity index is 2.54. The summed E-state index contributed by atoms with van der Waals surface area (Å²) in [6, 6.07) is 9.15. The molecule has 19 heavy (non-hydrogen) atoms. The first kappa shape index (κ1) is 12.8. The van der Waals surface area contributed by atoms with Gasteiger partial charge in [-0.1, -0.05) is 30.3 Å². The first-order valence-electron chi connectivity index (χ1n) is 5.84. The summed E-state index contributed by atoms with van der Waals surface area (Å²) in [5, 5.41) is 19.9. The Kier molecular flexibility index (Phi) is 3.61. The van der Waals surface area contributed by atoms with E-state index in [0.717, 1.165) is 5.56 Å². The average Bonchev–Trinajstić information content (AvgIpc) is 2.43. The molecule has 0 saturated carbocycles. The van der Waals surface area contributed by atoms with E-state index in [1.165, 1.54) is 6.20 Å². The zero-order valence-electron chi connectivity index (χ0n) is 10.4. The molecule has 0 unspecified atom stereocenters. The summed E-state index contributed by atoms with van der Waals surface area (Å²) in [7, 11) is 0. The van der Waals surface area contributed by atoms with Crippen molar-refractivity contribution in [2.24, 2.45) is 0 Å². The second-order valence-electron chi connectivity index (χ2n) is 3.89. The summed E-state index contributed by atoms with van der Waals surface area (Å²) in [5.74, 6) is -0.479. The quantitative estimate of drug-likeness (QED) is 0.718. The molecule has 0 radical (unpaired) electrons. The van der Waals surface area contributed by atoms with Gasteiger partial charge < -0.3 is 10.5 Å². The SMILES string of the molecule is CCNC(=O)c1nc(-c2ccccc2)cn(O)c1=N. The van der Waals surface area contributed by atoms with E-state index < -0.39 is 5.91 Å². The highest BCUT2D eigenvalue weighted by molar-refractivity contribution is 5.92. The van der Waals surface area contributed by atoms with Crippen LogP contribution < -0.4 is 10.8 Å². The summed E-state index contributed by atoms with van der Waals surface area (Å²) < 4.78 is 0.597. The third-order valence-corrected chi connectivity index (χ3v) is 2.55. The monoisotopic (exact) mass is 258 g/mol. The third kappa shape index (κ3) is 2.62. The fourth-order valence-corrected chi connectivity index (χ4v) is 1.64. The van der Waals surface area contributed by atoms with Gasteiger partial charge in [0, 0.05) is 12.1 Å². The Labute approximate surface area is 109 Å². The lowest BCUT2D eigenvalue weighted by Gasteiger charge is -2.08. The zero-order chi connectivity index (χ0) is 13.8. The van der Waals surface area contributed by atoms with Crippen LogP contribution in [0.1, 0.15) is 17.4 Å². The topological polar surface area (TPSA) is 91.0 Å². The van der Waals surface area contributed by atoms with Crippen molar-refractivity contribution >= 4 is 5.91 Å². The summed E-state index contributed by atoms with van der Waals surface area (Å²) in [6.45, 7) is 2.20. The van der Waals surface area contributed by atoms with E-state index in [9.17, 15) is 10.0 Å². The lowest BCUT2D eigenvalue weighted by Crippen LogP contribution is -2.34. The number of hydrogen-bond acceptors (Lipinski definition) is 4. The van der Waals surface area contributed by atoms with E-state index in [1.807, 2.05) is 30.3 Å². The smallest absolute Gasteiger partial charge is 0.273 e. The Morgan fingerprint density at radius 3 is 2.74 bits per heavy atom. The van der Waals surface area contributed by atoms with Gasteiger partial charge in [0.2, 0.25) is 0 Å². The molecule has 1 aromatic heterocycles. The van der Waals surface area contributed by atoms with E-state index in [4.69, 9.17) is 5.41 Å².